The molecule has 0 radical (unpaired) electrons. The lowest BCUT2D eigenvalue weighted by Gasteiger charge is -2.20. The van der Waals surface area contributed by atoms with Crippen LogP contribution in [0.2, 0.25) is 15.1 Å². The highest BCUT2D eigenvalue weighted by Gasteiger charge is 2.41. The zero-order chi connectivity index (χ0) is 26.0. The van der Waals surface area contributed by atoms with Crippen LogP contribution in [0.15, 0.2) is 71.3 Å². The Morgan fingerprint density at radius 3 is 2.47 bits per heavy atom. The molecule has 0 unspecified atom stereocenters. The summed E-state index contributed by atoms with van der Waals surface area (Å²) >= 11 is 19.9. The minimum atomic E-state index is -0.656. The lowest BCUT2D eigenvalue weighted by atomic mass is 10.1. The maximum Gasteiger partial charge on any atom is 0.269 e. The van der Waals surface area contributed by atoms with Crippen molar-refractivity contribution in [2.45, 2.75) is 25.5 Å². The van der Waals surface area contributed by atoms with Gasteiger partial charge < -0.3 is 5.32 Å². The van der Waals surface area contributed by atoms with Crippen LogP contribution in [0, 0.1) is 25.2 Å². The molecule has 0 bridgehead atoms. The first kappa shape index (κ1) is 26.1. The molecule has 1 fully saturated rings. The van der Waals surface area contributed by atoms with Crippen molar-refractivity contribution in [3.05, 3.63) is 103 Å². The van der Waals surface area contributed by atoms with Crippen LogP contribution in [-0.2, 0) is 16.0 Å². The highest BCUT2D eigenvalue weighted by molar-refractivity contribution is 8.05. The van der Waals surface area contributed by atoms with Gasteiger partial charge in [0.05, 0.1) is 16.0 Å². The Hall–Kier alpha value is -2.95. The number of nitriles is 1. The van der Waals surface area contributed by atoms with Crippen molar-refractivity contribution in [3.63, 3.8) is 0 Å². The number of rotatable bonds is 5. The molecular weight excluding hydrogens is 537 g/mol. The van der Waals surface area contributed by atoms with Crippen LogP contribution in [0.1, 0.15) is 16.7 Å². The van der Waals surface area contributed by atoms with Gasteiger partial charge in [0.1, 0.15) is 16.7 Å². The Labute approximate surface area is 228 Å². The average molecular weight is 557 g/mol. The Balaban J connectivity index is 1.78. The maximum atomic E-state index is 13.7. The van der Waals surface area contributed by atoms with E-state index < -0.39 is 11.2 Å². The number of carbonyl (C=O) groups is 2. The van der Waals surface area contributed by atoms with Crippen molar-refractivity contribution in [3.8, 4) is 6.07 Å². The molecule has 1 aliphatic heterocycles. The van der Waals surface area contributed by atoms with Crippen molar-refractivity contribution in [2.75, 3.05) is 10.2 Å². The number of carbonyl (C=O) groups excluding carboxylic acids is 2. The molecule has 0 aromatic heterocycles. The zero-order valence-corrected chi connectivity index (χ0v) is 22.4. The van der Waals surface area contributed by atoms with E-state index in [1.54, 1.807) is 48.5 Å². The summed E-state index contributed by atoms with van der Waals surface area (Å²) in [5, 5.41) is 13.7. The van der Waals surface area contributed by atoms with E-state index in [-0.39, 0.29) is 22.9 Å². The standard InChI is InChI=1S/C27H20Cl3N3O2S/c1-15-7-9-19(11-16(15)2)33-26(35)24(13-17-12-18(28)8-10-21(17)29)36-27(33)20(14-31)25(34)32-23-6-4-3-5-22(23)30/h3-12,24H,13H2,1-2H3,(H,32,34)/b27-20-/t24-/m1/s1. The summed E-state index contributed by atoms with van der Waals surface area (Å²) in [5.41, 5.74) is 3.49. The normalized spacial score (nSPS) is 16.6. The first-order valence-corrected chi connectivity index (χ1v) is 12.9. The summed E-state index contributed by atoms with van der Waals surface area (Å²) < 4.78 is 0. The van der Waals surface area contributed by atoms with Crippen LogP contribution in [0.4, 0.5) is 11.4 Å². The number of nitrogens with zero attached hydrogens (tertiary/aromatic N) is 2. The van der Waals surface area contributed by atoms with Gasteiger partial charge in [-0.3, -0.25) is 14.5 Å². The first-order chi connectivity index (χ1) is 17.2. The molecule has 3 aromatic rings. The van der Waals surface area contributed by atoms with E-state index in [2.05, 4.69) is 5.32 Å². The second-order valence-electron chi connectivity index (χ2n) is 8.21. The molecule has 36 heavy (non-hydrogen) atoms. The average Bonchev–Trinajstić information content (AvgIpc) is 3.15. The number of amides is 2. The fourth-order valence-corrected chi connectivity index (χ4v) is 5.60. The number of hydrogen-bond acceptors (Lipinski definition) is 4. The van der Waals surface area contributed by atoms with Gasteiger partial charge in [-0.15, -0.1) is 0 Å². The van der Waals surface area contributed by atoms with Crippen LogP contribution in [0.3, 0.4) is 0 Å². The van der Waals surface area contributed by atoms with Crippen molar-refractivity contribution in [2.24, 2.45) is 0 Å². The molecule has 1 heterocycles. The lowest BCUT2D eigenvalue weighted by Crippen LogP contribution is -2.31. The highest BCUT2D eigenvalue weighted by Crippen LogP contribution is 2.43. The fourth-order valence-electron chi connectivity index (χ4n) is 3.73. The molecule has 0 spiro atoms. The Kier molecular flexibility index (Phi) is 7.97. The van der Waals surface area contributed by atoms with E-state index in [0.717, 1.165) is 22.9 Å². The fraction of sp³-hybridized carbons (Fsp3) is 0.148. The molecule has 1 aliphatic rings. The second kappa shape index (κ2) is 11.0. The third-order valence-electron chi connectivity index (χ3n) is 5.79. The van der Waals surface area contributed by atoms with Crippen LogP contribution >= 0.6 is 46.6 Å². The van der Waals surface area contributed by atoms with Crippen molar-refractivity contribution >= 4 is 69.8 Å². The van der Waals surface area contributed by atoms with Crippen LogP contribution in [0.5, 0.6) is 0 Å². The van der Waals surface area contributed by atoms with Crippen LogP contribution in [0.25, 0.3) is 0 Å². The molecule has 4 rings (SSSR count). The number of para-hydroxylation sites is 1. The zero-order valence-electron chi connectivity index (χ0n) is 19.3. The monoisotopic (exact) mass is 555 g/mol. The molecule has 5 nitrogen and oxygen atoms in total. The van der Waals surface area contributed by atoms with Gasteiger partial charge in [0, 0.05) is 15.7 Å². The predicted octanol–water partition coefficient (Wildman–Crippen LogP) is 7.33. The quantitative estimate of drug-likeness (QED) is 0.264. The Bertz CT molecular complexity index is 1450. The minimum Gasteiger partial charge on any atom is -0.320 e. The molecule has 0 aliphatic carbocycles. The third kappa shape index (κ3) is 5.40. The smallest absolute Gasteiger partial charge is 0.269 e. The van der Waals surface area contributed by atoms with Gasteiger partial charge in [0.25, 0.3) is 5.91 Å². The van der Waals surface area contributed by atoms with Gasteiger partial charge in [-0.2, -0.15) is 5.26 Å². The number of halogens is 3. The van der Waals surface area contributed by atoms with Gasteiger partial charge in [-0.1, -0.05) is 64.8 Å². The van der Waals surface area contributed by atoms with E-state index in [0.29, 0.717) is 32.0 Å². The van der Waals surface area contributed by atoms with Crippen LogP contribution < -0.4 is 10.2 Å². The summed E-state index contributed by atoms with van der Waals surface area (Å²) in [6.07, 6.45) is 0.276. The van der Waals surface area contributed by atoms with Crippen molar-refractivity contribution < 1.29 is 9.59 Å². The maximum absolute atomic E-state index is 13.7. The topological polar surface area (TPSA) is 73.2 Å². The van der Waals surface area contributed by atoms with E-state index in [1.165, 1.54) is 4.90 Å². The lowest BCUT2D eigenvalue weighted by molar-refractivity contribution is -0.117. The molecule has 0 saturated carbocycles. The van der Waals surface area contributed by atoms with E-state index in [1.807, 2.05) is 32.0 Å². The van der Waals surface area contributed by atoms with Gasteiger partial charge in [0.15, 0.2) is 0 Å². The summed E-state index contributed by atoms with van der Waals surface area (Å²) in [7, 11) is 0. The Morgan fingerprint density at radius 1 is 1.03 bits per heavy atom. The summed E-state index contributed by atoms with van der Waals surface area (Å²) in [6, 6.07) is 19.4. The number of anilines is 2. The number of benzene rings is 3. The van der Waals surface area contributed by atoms with E-state index in [4.69, 9.17) is 34.8 Å². The molecular formula is C27H20Cl3N3O2S. The number of hydrogen-bond donors (Lipinski definition) is 1. The molecule has 1 saturated heterocycles. The van der Waals surface area contributed by atoms with Gasteiger partial charge in [-0.05, 0) is 79.4 Å². The summed E-state index contributed by atoms with van der Waals surface area (Å²) in [6.45, 7) is 3.91. The second-order valence-corrected chi connectivity index (χ2v) is 10.7. The van der Waals surface area contributed by atoms with E-state index >= 15 is 0 Å². The number of aryl methyl sites for hydroxylation is 2. The minimum absolute atomic E-state index is 0.189. The van der Waals surface area contributed by atoms with Gasteiger partial charge >= 0.3 is 0 Å². The molecule has 2 amide bonds. The van der Waals surface area contributed by atoms with Crippen molar-refractivity contribution in [1.82, 2.24) is 0 Å². The van der Waals surface area contributed by atoms with Gasteiger partial charge in [0.2, 0.25) is 5.91 Å². The van der Waals surface area contributed by atoms with Gasteiger partial charge in [-0.25, -0.2) is 0 Å². The molecule has 1 atom stereocenters. The highest BCUT2D eigenvalue weighted by atomic mass is 35.5. The largest absolute Gasteiger partial charge is 0.320 e. The molecule has 3 aromatic carbocycles. The third-order valence-corrected chi connectivity index (χ3v) is 7.99. The first-order valence-electron chi connectivity index (χ1n) is 10.9. The molecule has 1 N–H and O–H groups in total. The number of thioether (sulfide) groups is 1. The van der Waals surface area contributed by atoms with Crippen molar-refractivity contribution in [1.29, 1.82) is 5.26 Å². The molecule has 9 heteroatoms. The summed E-state index contributed by atoms with van der Waals surface area (Å²) in [5.74, 6) is -0.913. The molecule has 182 valence electrons. The Morgan fingerprint density at radius 2 is 1.78 bits per heavy atom. The van der Waals surface area contributed by atoms with Crippen LogP contribution in [-0.4, -0.2) is 17.1 Å². The SMILES string of the molecule is Cc1ccc(N2C(=O)[C@@H](Cc3cc(Cl)ccc3Cl)S/C2=C(/C#N)C(=O)Nc2ccccc2Cl)cc1C. The van der Waals surface area contributed by atoms with E-state index in [9.17, 15) is 14.9 Å². The number of nitrogens with one attached hydrogen (secondary N) is 1. The predicted molar refractivity (Wildman–Crippen MR) is 148 cm³/mol. The summed E-state index contributed by atoms with van der Waals surface area (Å²) in [4.78, 5) is 28.3.